The molecule has 0 aliphatic rings. The lowest BCUT2D eigenvalue weighted by molar-refractivity contribution is 0.482. The van der Waals surface area contributed by atoms with Gasteiger partial charge in [0.05, 0.1) is 17.3 Å². The van der Waals surface area contributed by atoms with Crippen molar-refractivity contribution < 1.29 is 4.42 Å². The maximum absolute atomic E-state index is 6.06. The molecule has 0 radical (unpaired) electrons. The molecule has 2 N–H and O–H groups in total. The van der Waals surface area contributed by atoms with Crippen molar-refractivity contribution >= 4 is 35.0 Å². The van der Waals surface area contributed by atoms with E-state index in [1.165, 1.54) is 0 Å². The Labute approximate surface area is 114 Å². The zero-order chi connectivity index (χ0) is 12.3. The Bertz CT molecular complexity index is 513. The zero-order valence-electron chi connectivity index (χ0n) is 8.95. The van der Waals surface area contributed by atoms with Gasteiger partial charge in [0.1, 0.15) is 11.5 Å². The first-order valence-corrected chi connectivity index (χ1v) is 6.78. The summed E-state index contributed by atoms with van der Waals surface area (Å²) in [6.45, 7) is 0.419. The van der Waals surface area contributed by atoms with Crippen LogP contribution in [0.15, 0.2) is 39.6 Å². The maximum atomic E-state index is 6.06. The molecule has 0 atom stereocenters. The highest BCUT2D eigenvalue weighted by atomic mass is 35.5. The summed E-state index contributed by atoms with van der Waals surface area (Å²) in [5.41, 5.74) is 5.48. The third kappa shape index (κ3) is 3.42. The predicted octanol–water partition coefficient (Wildman–Crippen LogP) is 4.34. The maximum Gasteiger partial charge on any atom is 0.117 e. The predicted molar refractivity (Wildman–Crippen MR) is 72.6 cm³/mol. The Hall–Kier alpha value is -0.610. The highest BCUT2D eigenvalue weighted by Gasteiger charge is 2.05. The third-order valence-electron chi connectivity index (χ3n) is 2.18. The van der Waals surface area contributed by atoms with E-state index in [1.807, 2.05) is 18.2 Å². The molecule has 0 spiro atoms. The van der Waals surface area contributed by atoms with E-state index < -0.39 is 0 Å². The van der Waals surface area contributed by atoms with Gasteiger partial charge in [0.15, 0.2) is 0 Å². The topological polar surface area (TPSA) is 39.2 Å². The van der Waals surface area contributed by atoms with Crippen LogP contribution in [0.3, 0.4) is 0 Å². The monoisotopic (exact) mass is 287 g/mol. The van der Waals surface area contributed by atoms with Gasteiger partial charge in [0.2, 0.25) is 0 Å². The summed E-state index contributed by atoms with van der Waals surface area (Å²) in [5, 5.41) is 1.38. The lowest BCUT2D eigenvalue weighted by Gasteiger charge is -2.03. The molecule has 0 aliphatic heterocycles. The summed E-state index contributed by atoms with van der Waals surface area (Å²) in [6, 6.07) is 9.22. The lowest BCUT2D eigenvalue weighted by atomic mass is 10.4. The number of halogens is 2. The molecule has 0 bridgehead atoms. The van der Waals surface area contributed by atoms with Crippen molar-refractivity contribution in [2.24, 2.45) is 5.73 Å². The van der Waals surface area contributed by atoms with Crippen LogP contribution >= 0.6 is 35.0 Å². The Morgan fingerprint density at radius 2 is 1.88 bits per heavy atom. The highest BCUT2D eigenvalue weighted by molar-refractivity contribution is 7.98. The molecule has 0 unspecified atom stereocenters. The minimum atomic E-state index is 0.419. The zero-order valence-corrected chi connectivity index (χ0v) is 11.3. The van der Waals surface area contributed by atoms with Crippen LogP contribution in [0.25, 0.3) is 0 Å². The largest absolute Gasteiger partial charge is 0.464 e. The van der Waals surface area contributed by atoms with Crippen molar-refractivity contribution in [1.82, 2.24) is 0 Å². The SMILES string of the molecule is NCc1ccc(CSc2cc(Cl)ccc2Cl)o1. The van der Waals surface area contributed by atoms with Gasteiger partial charge in [0.25, 0.3) is 0 Å². The fourth-order valence-electron chi connectivity index (χ4n) is 1.35. The quantitative estimate of drug-likeness (QED) is 0.851. The van der Waals surface area contributed by atoms with Crippen LogP contribution < -0.4 is 5.73 Å². The van der Waals surface area contributed by atoms with E-state index >= 15 is 0 Å². The molecule has 2 aromatic rings. The van der Waals surface area contributed by atoms with Crippen molar-refractivity contribution in [2.75, 3.05) is 0 Å². The lowest BCUT2D eigenvalue weighted by Crippen LogP contribution is -1.92. The van der Waals surface area contributed by atoms with Crippen LogP contribution in [0.1, 0.15) is 11.5 Å². The van der Waals surface area contributed by atoms with Crippen LogP contribution in [-0.4, -0.2) is 0 Å². The Kier molecular flexibility index (Phi) is 4.40. The molecule has 1 aromatic heterocycles. The average Bonchev–Trinajstić information content (AvgIpc) is 2.78. The van der Waals surface area contributed by atoms with Gasteiger partial charge in [-0.2, -0.15) is 0 Å². The van der Waals surface area contributed by atoms with Crippen molar-refractivity contribution in [2.45, 2.75) is 17.2 Å². The third-order valence-corrected chi connectivity index (χ3v) is 3.94. The normalized spacial score (nSPS) is 10.8. The second-order valence-corrected chi connectivity index (χ2v) is 5.30. The first-order valence-electron chi connectivity index (χ1n) is 5.04. The number of benzene rings is 1. The standard InChI is InChI=1S/C12H11Cl2NOS/c13-8-1-4-11(14)12(5-8)17-7-10-3-2-9(6-15)16-10/h1-5H,6-7,15H2. The van der Waals surface area contributed by atoms with Crippen molar-refractivity contribution in [3.05, 3.63) is 51.9 Å². The smallest absolute Gasteiger partial charge is 0.117 e. The van der Waals surface area contributed by atoms with E-state index in [0.717, 1.165) is 16.4 Å². The van der Waals surface area contributed by atoms with Crippen molar-refractivity contribution in [1.29, 1.82) is 0 Å². The van der Waals surface area contributed by atoms with E-state index in [2.05, 4.69) is 0 Å². The molecule has 5 heteroatoms. The van der Waals surface area contributed by atoms with E-state index in [-0.39, 0.29) is 0 Å². The molecule has 0 aliphatic carbocycles. The molecule has 2 nitrogen and oxygen atoms in total. The molecule has 1 aromatic carbocycles. The van der Waals surface area contributed by atoms with Crippen LogP contribution in [0.4, 0.5) is 0 Å². The summed E-state index contributed by atoms with van der Waals surface area (Å²) in [6.07, 6.45) is 0. The van der Waals surface area contributed by atoms with Crippen LogP contribution in [0.2, 0.25) is 10.0 Å². The Morgan fingerprint density at radius 1 is 1.12 bits per heavy atom. The minimum Gasteiger partial charge on any atom is -0.464 e. The van der Waals surface area contributed by atoms with Crippen LogP contribution in [0.5, 0.6) is 0 Å². The van der Waals surface area contributed by atoms with E-state index in [4.69, 9.17) is 33.4 Å². The van der Waals surface area contributed by atoms with Gasteiger partial charge in [-0.15, -0.1) is 11.8 Å². The highest BCUT2D eigenvalue weighted by Crippen LogP contribution is 2.32. The van der Waals surface area contributed by atoms with Gasteiger partial charge < -0.3 is 10.2 Å². The van der Waals surface area contributed by atoms with Gasteiger partial charge in [-0.3, -0.25) is 0 Å². The molecule has 17 heavy (non-hydrogen) atoms. The van der Waals surface area contributed by atoms with Crippen molar-refractivity contribution in [3.8, 4) is 0 Å². The number of nitrogens with two attached hydrogens (primary N) is 1. The van der Waals surface area contributed by atoms with E-state index in [9.17, 15) is 0 Å². The summed E-state index contributed by atoms with van der Waals surface area (Å²) in [4.78, 5) is 0.949. The Balaban J connectivity index is 2.04. The number of hydrogen-bond acceptors (Lipinski definition) is 3. The van der Waals surface area contributed by atoms with Gasteiger partial charge in [-0.1, -0.05) is 23.2 Å². The molecule has 1 heterocycles. The second-order valence-electron chi connectivity index (χ2n) is 3.44. The first kappa shape index (κ1) is 12.8. The minimum absolute atomic E-state index is 0.419. The number of hydrogen-bond donors (Lipinski definition) is 1. The van der Waals surface area contributed by atoms with E-state index in [0.29, 0.717) is 22.3 Å². The fourth-order valence-corrected chi connectivity index (χ4v) is 2.73. The molecular formula is C12H11Cl2NOS. The molecule has 0 amide bonds. The fraction of sp³-hybridized carbons (Fsp3) is 0.167. The summed E-state index contributed by atoms with van der Waals surface area (Å²) >= 11 is 13.6. The molecule has 0 saturated carbocycles. The van der Waals surface area contributed by atoms with Gasteiger partial charge in [-0.05, 0) is 30.3 Å². The van der Waals surface area contributed by atoms with Crippen molar-refractivity contribution in [3.63, 3.8) is 0 Å². The average molecular weight is 288 g/mol. The number of thioether (sulfide) groups is 1. The molecule has 90 valence electrons. The van der Waals surface area contributed by atoms with Gasteiger partial charge in [0, 0.05) is 9.92 Å². The number of rotatable bonds is 4. The first-order chi connectivity index (χ1) is 8.19. The molecule has 2 rings (SSSR count). The van der Waals surface area contributed by atoms with Gasteiger partial charge >= 0.3 is 0 Å². The molecule has 0 fully saturated rings. The molecular weight excluding hydrogens is 277 g/mol. The van der Waals surface area contributed by atoms with Crippen LogP contribution in [-0.2, 0) is 12.3 Å². The van der Waals surface area contributed by atoms with E-state index in [1.54, 1.807) is 23.9 Å². The second kappa shape index (κ2) is 5.83. The molecule has 0 saturated heterocycles. The summed E-state index contributed by atoms with van der Waals surface area (Å²) < 4.78 is 5.50. The van der Waals surface area contributed by atoms with Crippen LogP contribution in [0, 0.1) is 0 Å². The summed E-state index contributed by atoms with van der Waals surface area (Å²) in [7, 11) is 0. The number of furan rings is 1. The summed E-state index contributed by atoms with van der Waals surface area (Å²) in [5.74, 6) is 2.38. The van der Waals surface area contributed by atoms with Gasteiger partial charge in [-0.25, -0.2) is 0 Å². The Morgan fingerprint density at radius 3 is 2.59 bits per heavy atom.